The van der Waals surface area contributed by atoms with Crippen LogP contribution in [0, 0.1) is 11.3 Å². The molecule has 0 aromatic carbocycles. The van der Waals surface area contributed by atoms with Gasteiger partial charge in [0.15, 0.2) is 5.25 Å². The fourth-order valence-corrected chi connectivity index (χ4v) is 2.50. The third-order valence-electron chi connectivity index (χ3n) is 1.84. The molecule has 1 unspecified atom stereocenters. The predicted octanol–water partition coefficient (Wildman–Crippen LogP) is -0.795. The van der Waals surface area contributed by atoms with Gasteiger partial charge in [-0.15, -0.1) is 0 Å². The van der Waals surface area contributed by atoms with Gasteiger partial charge >= 0.3 is 0 Å². The van der Waals surface area contributed by atoms with Crippen LogP contribution in [0.4, 0.5) is 0 Å². The van der Waals surface area contributed by atoms with Gasteiger partial charge in [-0.2, -0.15) is 5.26 Å². The van der Waals surface area contributed by atoms with Crippen molar-refractivity contribution in [2.45, 2.75) is 12.2 Å². The van der Waals surface area contributed by atoms with Crippen LogP contribution in [0.15, 0.2) is 0 Å². The van der Waals surface area contributed by atoms with E-state index in [2.05, 4.69) is 0 Å². The molecular weight excluding hydrogens is 240 g/mol. The highest BCUT2D eigenvalue weighted by molar-refractivity contribution is 7.91. The smallest absolute Gasteiger partial charge is 0.229 e. The molecule has 6 nitrogen and oxygen atoms in total. The lowest BCUT2D eigenvalue weighted by Crippen LogP contribution is -2.36. The number of nitrogens with zero attached hydrogens (tertiary/aromatic N) is 2. The molecule has 8 heteroatoms. The molecule has 15 heavy (non-hydrogen) atoms. The minimum atomic E-state index is -3.70. The van der Waals surface area contributed by atoms with Crippen molar-refractivity contribution in [1.29, 1.82) is 5.26 Å². The minimum Gasteiger partial charge on any atom is -0.229 e. The zero-order valence-corrected chi connectivity index (χ0v) is 10.5. The Kier molecular flexibility index (Phi) is 4.70. The van der Waals surface area contributed by atoms with E-state index in [4.69, 9.17) is 5.26 Å². The summed E-state index contributed by atoms with van der Waals surface area (Å²) in [5, 5.41) is 7.31. The summed E-state index contributed by atoms with van der Waals surface area (Å²) in [7, 11) is -5.65. The molecule has 0 amide bonds. The molecule has 0 aliphatic rings. The molecule has 0 saturated carbocycles. The highest BCUT2D eigenvalue weighted by Crippen LogP contribution is 2.05. The Labute approximate surface area is 90.5 Å². The van der Waals surface area contributed by atoms with Gasteiger partial charge in [0.1, 0.15) is 9.84 Å². The van der Waals surface area contributed by atoms with Crippen LogP contribution in [0.5, 0.6) is 0 Å². The zero-order chi connectivity index (χ0) is 12.3. The van der Waals surface area contributed by atoms with E-state index >= 15 is 0 Å². The maximum atomic E-state index is 11.5. The summed E-state index contributed by atoms with van der Waals surface area (Å²) in [5.74, 6) is -0.249. The third-order valence-corrected chi connectivity index (χ3v) is 4.81. The Hall–Kier alpha value is -0.650. The van der Waals surface area contributed by atoms with E-state index in [9.17, 15) is 16.8 Å². The van der Waals surface area contributed by atoms with E-state index in [0.29, 0.717) is 0 Å². The quantitative estimate of drug-likeness (QED) is 0.640. The molecule has 0 bridgehead atoms. The number of sulfonamides is 1. The van der Waals surface area contributed by atoms with Crippen molar-refractivity contribution in [3.8, 4) is 6.07 Å². The Morgan fingerprint density at radius 1 is 1.33 bits per heavy atom. The van der Waals surface area contributed by atoms with Gasteiger partial charge in [0.25, 0.3) is 0 Å². The summed E-state index contributed by atoms with van der Waals surface area (Å²) >= 11 is 0. The lowest BCUT2D eigenvalue weighted by Gasteiger charge is -2.17. The summed E-state index contributed by atoms with van der Waals surface area (Å²) in [6, 6.07) is 1.60. The molecule has 0 aromatic heterocycles. The number of hydrogen-bond donors (Lipinski definition) is 0. The van der Waals surface area contributed by atoms with Crippen molar-refractivity contribution >= 4 is 19.9 Å². The molecule has 0 aliphatic heterocycles. The third kappa shape index (κ3) is 4.59. The Morgan fingerprint density at radius 3 is 2.13 bits per heavy atom. The molecule has 0 spiro atoms. The monoisotopic (exact) mass is 254 g/mol. The largest absolute Gasteiger partial charge is 0.229 e. The highest BCUT2D eigenvalue weighted by Gasteiger charge is 2.25. The van der Waals surface area contributed by atoms with Crippen LogP contribution < -0.4 is 0 Å². The number of nitriles is 1. The number of hydrogen-bond acceptors (Lipinski definition) is 5. The van der Waals surface area contributed by atoms with Crippen molar-refractivity contribution in [3.63, 3.8) is 0 Å². The second-order valence-electron chi connectivity index (χ2n) is 3.27. The Bertz CT molecular complexity index is 446. The van der Waals surface area contributed by atoms with Gasteiger partial charge < -0.3 is 0 Å². The Balaban J connectivity index is 4.62. The topological polar surface area (TPSA) is 95.3 Å². The average Bonchev–Trinajstić information content (AvgIpc) is 2.11. The van der Waals surface area contributed by atoms with E-state index in [1.165, 1.54) is 14.0 Å². The summed E-state index contributed by atoms with van der Waals surface area (Å²) in [5.41, 5.74) is 0. The van der Waals surface area contributed by atoms with Gasteiger partial charge in [-0.3, -0.25) is 0 Å². The average molecular weight is 254 g/mol. The van der Waals surface area contributed by atoms with Crippen LogP contribution in [0.3, 0.4) is 0 Å². The predicted molar refractivity (Wildman–Crippen MR) is 56.3 cm³/mol. The van der Waals surface area contributed by atoms with Crippen LogP contribution >= 0.6 is 0 Å². The molecule has 0 N–H and O–H groups in total. The molecule has 0 aromatic rings. The fourth-order valence-electron chi connectivity index (χ4n) is 0.758. The first kappa shape index (κ1) is 14.3. The molecule has 0 fully saturated rings. The van der Waals surface area contributed by atoms with E-state index in [0.717, 1.165) is 10.6 Å². The van der Waals surface area contributed by atoms with Gasteiger partial charge in [-0.1, -0.05) is 0 Å². The van der Waals surface area contributed by atoms with Crippen LogP contribution in [0.2, 0.25) is 0 Å². The van der Waals surface area contributed by atoms with Gasteiger partial charge in [-0.05, 0) is 6.92 Å². The van der Waals surface area contributed by atoms with Crippen molar-refractivity contribution in [2.24, 2.45) is 0 Å². The molecule has 0 aliphatic carbocycles. The number of rotatable bonds is 5. The van der Waals surface area contributed by atoms with E-state index in [1.54, 1.807) is 6.07 Å². The molecule has 0 saturated heterocycles. The summed E-state index contributed by atoms with van der Waals surface area (Å²) < 4.78 is 45.5. The van der Waals surface area contributed by atoms with Crippen molar-refractivity contribution < 1.29 is 16.8 Å². The maximum Gasteiger partial charge on any atom is 0.229 e. The first-order valence-electron chi connectivity index (χ1n) is 4.13. The van der Waals surface area contributed by atoms with Crippen molar-refractivity contribution in [2.75, 3.05) is 25.6 Å². The lowest BCUT2D eigenvalue weighted by molar-refractivity contribution is 0.481. The molecule has 1 atom stereocenters. The molecule has 0 heterocycles. The summed E-state index contributed by atoms with van der Waals surface area (Å²) in [4.78, 5) is 0. The highest BCUT2D eigenvalue weighted by atomic mass is 32.2. The zero-order valence-electron chi connectivity index (χ0n) is 8.84. The van der Waals surface area contributed by atoms with Gasteiger partial charge in [0.2, 0.25) is 10.0 Å². The first-order chi connectivity index (χ1) is 6.61. The normalized spacial score (nSPS) is 14.9. The summed E-state index contributed by atoms with van der Waals surface area (Å²) in [6.07, 6.45) is 1.03. The first-order valence-corrected chi connectivity index (χ1v) is 7.70. The Morgan fingerprint density at radius 2 is 1.80 bits per heavy atom. The molecule has 88 valence electrons. The lowest BCUT2D eigenvalue weighted by atomic mass is 10.5. The van der Waals surface area contributed by atoms with Gasteiger partial charge in [-0.25, -0.2) is 21.1 Å². The molecule has 0 radical (unpaired) electrons. The second-order valence-corrected chi connectivity index (χ2v) is 7.89. The maximum absolute atomic E-state index is 11.5. The SMILES string of the molecule is CC(C#N)S(=O)(=O)N(C)CCS(C)(=O)=O. The van der Waals surface area contributed by atoms with Crippen molar-refractivity contribution in [1.82, 2.24) is 4.31 Å². The second kappa shape index (κ2) is 4.92. The van der Waals surface area contributed by atoms with Gasteiger partial charge in [0, 0.05) is 19.8 Å². The van der Waals surface area contributed by atoms with Crippen LogP contribution in [0.25, 0.3) is 0 Å². The van der Waals surface area contributed by atoms with E-state index in [1.807, 2.05) is 0 Å². The van der Waals surface area contributed by atoms with Crippen LogP contribution in [0.1, 0.15) is 6.92 Å². The van der Waals surface area contributed by atoms with Crippen molar-refractivity contribution in [3.05, 3.63) is 0 Å². The minimum absolute atomic E-state index is 0.132. The molecule has 0 rings (SSSR count). The van der Waals surface area contributed by atoms with E-state index < -0.39 is 25.1 Å². The van der Waals surface area contributed by atoms with Crippen LogP contribution in [-0.4, -0.2) is 52.0 Å². The van der Waals surface area contributed by atoms with Crippen LogP contribution in [-0.2, 0) is 19.9 Å². The molecular formula is C7H14N2O4S2. The van der Waals surface area contributed by atoms with E-state index in [-0.39, 0.29) is 12.3 Å². The van der Waals surface area contributed by atoms with Gasteiger partial charge in [0.05, 0.1) is 11.8 Å². The number of sulfone groups is 1. The standard InChI is InChI=1S/C7H14N2O4S2/c1-7(6-8)15(12,13)9(2)4-5-14(3,10)11/h7H,4-5H2,1-3H3. The summed E-state index contributed by atoms with van der Waals surface area (Å²) in [6.45, 7) is 1.12. The fraction of sp³-hybridized carbons (Fsp3) is 0.857.